The maximum Gasteiger partial charge on any atom is 0.170 e. The molecule has 2 aromatic rings. The molecule has 2 aromatic carbocycles. The predicted molar refractivity (Wildman–Crippen MR) is 89.2 cm³/mol. The Hall–Kier alpha value is -2.27. The second kappa shape index (κ2) is 8.11. The zero-order chi connectivity index (χ0) is 14.9. The first kappa shape index (κ1) is 15.1. The molecule has 0 radical (unpaired) electrons. The Morgan fingerprint density at radius 3 is 2.33 bits per heavy atom. The third kappa shape index (κ3) is 5.31. The molecule has 0 fully saturated rings. The van der Waals surface area contributed by atoms with Crippen LogP contribution in [0.25, 0.3) is 0 Å². The highest BCUT2D eigenvalue weighted by molar-refractivity contribution is 7.80. The summed E-state index contributed by atoms with van der Waals surface area (Å²) >= 11 is 5.20. The number of ether oxygens (including phenoxy) is 2. The number of hydrogen-bond acceptors (Lipinski definition) is 3. The van der Waals surface area contributed by atoms with Gasteiger partial charge in [-0.2, -0.15) is 0 Å². The third-order valence-corrected chi connectivity index (χ3v) is 2.99. The molecule has 0 atom stereocenters. The summed E-state index contributed by atoms with van der Waals surface area (Å²) in [7, 11) is 1.64. The van der Waals surface area contributed by atoms with Crippen molar-refractivity contribution >= 4 is 23.0 Å². The molecule has 0 saturated heterocycles. The van der Waals surface area contributed by atoms with E-state index in [9.17, 15) is 0 Å². The second-order valence-corrected chi connectivity index (χ2v) is 4.68. The molecule has 21 heavy (non-hydrogen) atoms. The van der Waals surface area contributed by atoms with Crippen LogP contribution in [-0.2, 0) is 0 Å². The molecular formula is C16H18N2O2S. The van der Waals surface area contributed by atoms with Crippen LogP contribution >= 0.6 is 12.2 Å². The van der Waals surface area contributed by atoms with Crippen LogP contribution in [0.2, 0.25) is 0 Å². The number of anilines is 1. The fourth-order valence-corrected chi connectivity index (χ4v) is 1.92. The van der Waals surface area contributed by atoms with Gasteiger partial charge >= 0.3 is 0 Å². The molecule has 2 rings (SSSR count). The lowest BCUT2D eigenvalue weighted by Crippen LogP contribution is -2.31. The Labute approximate surface area is 130 Å². The van der Waals surface area contributed by atoms with Gasteiger partial charge in [-0.15, -0.1) is 0 Å². The first-order valence-electron chi connectivity index (χ1n) is 6.64. The van der Waals surface area contributed by atoms with Crippen molar-refractivity contribution in [1.29, 1.82) is 0 Å². The lowest BCUT2D eigenvalue weighted by Gasteiger charge is -2.11. The molecule has 0 bridgehead atoms. The van der Waals surface area contributed by atoms with Crippen LogP contribution in [0, 0.1) is 0 Å². The summed E-state index contributed by atoms with van der Waals surface area (Å²) in [5.74, 6) is 1.62. The van der Waals surface area contributed by atoms with Crippen LogP contribution in [0.5, 0.6) is 11.5 Å². The second-order valence-electron chi connectivity index (χ2n) is 4.27. The number of rotatable bonds is 6. The molecule has 0 unspecified atom stereocenters. The molecule has 2 N–H and O–H groups in total. The van der Waals surface area contributed by atoms with Gasteiger partial charge in [0.1, 0.15) is 18.1 Å². The lowest BCUT2D eigenvalue weighted by atomic mass is 10.3. The van der Waals surface area contributed by atoms with Crippen molar-refractivity contribution in [2.24, 2.45) is 0 Å². The van der Waals surface area contributed by atoms with E-state index >= 15 is 0 Å². The zero-order valence-corrected chi connectivity index (χ0v) is 12.7. The van der Waals surface area contributed by atoms with Gasteiger partial charge in [-0.1, -0.05) is 18.2 Å². The first-order valence-corrected chi connectivity index (χ1v) is 7.05. The van der Waals surface area contributed by atoms with Gasteiger partial charge in [0.2, 0.25) is 0 Å². The van der Waals surface area contributed by atoms with E-state index in [0.29, 0.717) is 18.3 Å². The summed E-state index contributed by atoms with van der Waals surface area (Å²) in [6.45, 7) is 1.16. The average Bonchev–Trinajstić information content (AvgIpc) is 2.53. The van der Waals surface area contributed by atoms with Crippen molar-refractivity contribution in [1.82, 2.24) is 5.32 Å². The number of methoxy groups -OCH3 is 1. The minimum Gasteiger partial charge on any atom is -0.497 e. The quantitative estimate of drug-likeness (QED) is 0.634. The molecule has 0 amide bonds. The summed E-state index contributed by atoms with van der Waals surface area (Å²) < 4.78 is 10.7. The first-order chi connectivity index (χ1) is 10.3. The third-order valence-electron chi connectivity index (χ3n) is 2.75. The monoisotopic (exact) mass is 302 g/mol. The van der Waals surface area contributed by atoms with E-state index in [4.69, 9.17) is 21.7 Å². The van der Waals surface area contributed by atoms with Crippen LogP contribution in [0.1, 0.15) is 0 Å². The van der Waals surface area contributed by atoms with Crippen molar-refractivity contribution in [3.05, 3.63) is 54.6 Å². The van der Waals surface area contributed by atoms with Gasteiger partial charge in [0.25, 0.3) is 0 Å². The largest absolute Gasteiger partial charge is 0.497 e. The molecule has 0 saturated carbocycles. The van der Waals surface area contributed by atoms with E-state index in [2.05, 4.69) is 10.6 Å². The van der Waals surface area contributed by atoms with Gasteiger partial charge in [-0.25, -0.2) is 0 Å². The van der Waals surface area contributed by atoms with Gasteiger partial charge in [0, 0.05) is 5.69 Å². The highest BCUT2D eigenvalue weighted by Crippen LogP contribution is 2.16. The molecule has 0 aliphatic rings. The average molecular weight is 302 g/mol. The van der Waals surface area contributed by atoms with Gasteiger partial charge in [-0.05, 0) is 48.6 Å². The molecular weight excluding hydrogens is 284 g/mol. The highest BCUT2D eigenvalue weighted by atomic mass is 32.1. The van der Waals surface area contributed by atoms with E-state index in [-0.39, 0.29) is 0 Å². The maximum atomic E-state index is 5.60. The summed E-state index contributed by atoms with van der Waals surface area (Å²) in [4.78, 5) is 0. The fourth-order valence-electron chi connectivity index (χ4n) is 1.70. The molecule has 0 heterocycles. The minimum atomic E-state index is 0.531. The van der Waals surface area contributed by atoms with E-state index < -0.39 is 0 Å². The van der Waals surface area contributed by atoms with Crippen molar-refractivity contribution in [2.75, 3.05) is 25.6 Å². The van der Waals surface area contributed by atoms with E-state index in [1.165, 1.54) is 0 Å². The molecule has 0 aliphatic carbocycles. The van der Waals surface area contributed by atoms with Crippen molar-refractivity contribution < 1.29 is 9.47 Å². The molecule has 0 spiro atoms. The van der Waals surface area contributed by atoms with Crippen molar-refractivity contribution in [2.45, 2.75) is 0 Å². The number of benzene rings is 2. The van der Waals surface area contributed by atoms with Crippen molar-refractivity contribution in [3.8, 4) is 11.5 Å². The van der Waals surface area contributed by atoms with Gasteiger partial charge in [0.15, 0.2) is 5.11 Å². The Morgan fingerprint density at radius 1 is 1.00 bits per heavy atom. The topological polar surface area (TPSA) is 42.5 Å². The van der Waals surface area contributed by atoms with E-state index in [1.54, 1.807) is 7.11 Å². The van der Waals surface area contributed by atoms with Crippen LogP contribution in [0.15, 0.2) is 54.6 Å². The van der Waals surface area contributed by atoms with Crippen molar-refractivity contribution in [3.63, 3.8) is 0 Å². The normalized spacial score (nSPS) is 9.76. The zero-order valence-electron chi connectivity index (χ0n) is 11.8. The molecule has 4 nitrogen and oxygen atoms in total. The maximum absolute atomic E-state index is 5.60. The van der Waals surface area contributed by atoms with Crippen LogP contribution in [0.3, 0.4) is 0 Å². The van der Waals surface area contributed by atoms with Crippen LogP contribution in [-0.4, -0.2) is 25.4 Å². The molecule has 0 aliphatic heterocycles. The summed E-state index contributed by atoms with van der Waals surface area (Å²) in [5.41, 5.74) is 0.964. The highest BCUT2D eigenvalue weighted by Gasteiger charge is 1.98. The Balaban J connectivity index is 1.66. The number of nitrogens with one attached hydrogen (secondary N) is 2. The van der Waals surface area contributed by atoms with Gasteiger partial charge in [0.05, 0.1) is 13.7 Å². The SMILES string of the molecule is COc1ccc(OCCNC(=S)Nc2ccccc2)cc1. The summed E-state index contributed by atoms with van der Waals surface area (Å²) in [6.07, 6.45) is 0. The van der Waals surface area contributed by atoms with Gasteiger partial charge < -0.3 is 20.1 Å². The smallest absolute Gasteiger partial charge is 0.170 e. The Morgan fingerprint density at radius 2 is 1.67 bits per heavy atom. The Bertz CT molecular complexity index is 558. The predicted octanol–water partition coefficient (Wildman–Crippen LogP) is 3.06. The minimum absolute atomic E-state index is 0.531. The number of thiocarbonyl (C=S) groups is 1. The van der Waals surface area contributed by atoms with Crippen LogP contribution < -0.4 is 20.1 Å². The lowest BCUT2D eigenvalue weighted by molar-refractivity contribution is 0.322. The summed E-state index contributed by atoms with van der Waals surface area (Å²) in [6, 6.07) is 17.3. The molecule has 5 heteroatoms. The Kier molecular flexibility index (Phi) is 5.84. The molecule has 0 aromatic heterocycles. The number of hydrogen-bond donors (Lipinski definition) is 2. The van der Waals surface area contributed by atoms with Crippen LogP contribution in [0.4, 0.5) is 5.69 Å². The van der Waals surface area contributed by atoms with E-state index in [0.717, 1.165) is 17.2 Å². The standard InChI is InChI=1S/C16H18N2O2S/c1-19-14-7-9-15(10-8-14)20-12-11-17-16(21)18-13-5-3-2-4-6-13/h2-10H,11-12H2,1H3,(H2,17,18,21). The summed E-state index contributed by atoms with van der Waals surface area (Å²) in [5, 5.41) is 6.78. The van der Waals surface area contributed by atoms with E-state index in [1.807, 2.05) is 54.6 Å². The fraction of sp³-hybridized carbons (Fsp3) is 0.188. The van der Waals surface area contributed by atoms with Gasteiger partial charge in [-0.3, -0.25) is 0 Å². The molecule has 110 valence electrons. The number of para-hydroxylation sites is 1.